The summed E-state index contributed by atoms with van der Waals surface area (Å²) in [5, 5.41) is 0. The Bertz CT molecular complexity index is 888. The van der Waals surface area contributed by atoms with Gasteiger partial charge in [-0.3, -0.25) is 0 Å². The molecule has 0 unspecified atom stereocenters. The van der Waals surface area contributed by atoms with E-state index in [4.69, 9.17) is 18.9 Å². The summed E-state index contributed by atoms with van der Waals surface area (Å²) in [6.45, 7) is 1.72. The van der Waals surface area contributed by atoms with Crippen LogP contribution in [0.25, 0.3) is 0 Å². The highest BCUT2D eigenvalue weighted by atomic mass is 16.6. The van der Waals surface area contributed by atoms with Crippen molar-refractivity contribution in [1.29, 1.82) is 0 Å². The summed E-state index contributed by atoms with van der Waals surface area (Å²) in [4.78, 5) is 50.4. The maximum absolute atomic E-state index is 13.0. The van der Waals surface area contributed by atoms with E-state index >= 15 is 0 Å². The molecule has 8 nitrogen and oxygen atoms in total. The van der Waals surface area contributed by atoms with Crippen LogP contribution in [-0.4, -0.2) is 44.7 Å². The molecular weight excluding hydrogens is 380 g/mol. The van der Waals surface area contributed by atoms with Crippen LogP contribution in [0.3, 0.4) is 0 Å². The summed E-state index contributed by atoms with van der Waals surface area (Å²) in [7, 11) is 2.09. The molecule has 0 aliphatic rings. The van der Waals surface area contributed by atoms with Crippen LogP contribution in [-0.2, 0) is 34.1 Å². The van der Waals surface area contributed by atoms with Crippen LogP contribution in [0, 0.1) is 0 Å². The Hall–Kier alpha value is -3.68. The molecule has 0 amide bonds. The van der Waals surface area contributed by atoms with Crippen molar-refractivity contribution in [3.05, 3.63) is 71.3 Å². The summed E-state index contributed by atoms with van der Waals surface area (Å²) >= 11 is 0. The fraction of sp³-hybridized carbons (Fsp3) is 0.238. The molecule has 8 heteroatoms. The molecule has 0 bridgehead atoms. The minimum atomic E-state index is -2.51. The number of carbonyl (C=O) groups is 4. The number of methoxy groups -OCH3 is 2. The van der Waals surface area contributed by atoms with Gasteiger partial charge in [0.2, 0.25) is 0 Å². The first kappa shape index (κ1) is 21.6. The van der Waals surface area contributed by atoms with Crippen LogP contribution in [0.5, 0.6) is 0 Å². The van der Waals surface area contributed by atoms with Crippen molar-refractivity contribution in [3.8, 4) is 0 Å². The Morgan fingerprint density at radius 2 is 1.24 bits per heavy atom. The van der Waals surface area contributed by atoms with Crippen LogP contribution in [0.15, 0.2) is 54.6 Å². The van der Waals surface area contributed by atoms with E-state index in [0.29, 0.717) is 0 Å². The predicted molar refractivity (Wildman–Crippen MR) is 100.0 cm³/mol. The van der Waals surface area contributed by atoms with Crippen molar-refractivity contribution in [1.82, 2.24) is 0 Å². The number of hydrogen-bond acceptors (Lipinski definition) is 8. The van der Waals surface area contributed by atoms with E-state index in [9.17, 15) is 19.2 Å². The summed E-state index contributed by atoms with van der Waals surface area (Å²) in [5.41, 5.74) is -2.74. The maximum atomic E-state index is 13.0. The van der Waals surface area contributed by atoms with Crippen molar-refractivity contribution in [2.24, 2.45) is 0 Å². The van der Waals surface area contributed by atoms with Gasteiger partial charge < -0.3 is 18.9 Å². The second-order valence-corrected chi connectivity index (χ2v) is 5.69. The zero-order valence-corrected chi connectivity index (χ0v) is 16.2. The predicted octanol–water partition coefficient (Wildman–Crippen LogP) is 2.26. The average molecular weight is 400 g/mol. The Balaban J connectivity index is 2.58. The fourth-order valence-electron chi connectivity index (χ4n) is 2.66. The van der Waals surface area contributed by atoms with E-state index in [2.05, 4.69) is 0 Å². The number of hydrogen-bond donors (Lipinski definition) is 0. The number of esters is 4. The van der Waals surface area contributed by atoms with Gasteiger partial charge in [-0.05, 0) is 19.1 Å². The molecular formula is C21H20O8. The minimum Gasteiger partial charge on any atom is -0.465 e. The third-order valence-electron chi connectivity index (χ3n) is 4.01. The molecule has 0 aliphatic heterocycles. The topological polar surface area (TPSA) is 105 Å². The SMILES string of the molecule is CCOC(=O)c1ccccc1C(=O)OC(C(=O)OC)(C(=O)OC)c1ccccc1. The lowest BCUT2D eigenvalue weighted by molar-refractivity contribution is -0.182. The van der Waals surface area contributed by atoms with E-state index < -0.39 is 29.5 Å². The van der Waals surface area contributed by atoms with Crippen molar-refractivity contribution in [3.63, 3.8) is 0 Å². The summed E-state index contributed by atoms with van der Waals surface area (Å²) < 4.78 is 19.8. The van der Waals surface area contributed by atoms with Gasteiger partial charge in [-0.1, -0.05) is 42.5 Å². The normalized spacial score (nSPS) is 10.6. The van der Waals surface area contributed by atoms with Gasteiger partial charge in [-0.2, -0.15) is 0 Å². The number of benzene rings is 2. The van der Waals surface area contributed by atoms with Gasteiger partial charge in [0, 0.05) is 5.56 Å². The van der Waals surface area contributed by atoms with Gasteiger partial charge in [0.05, 0.1) is 32.0 Å². The van der Waals surface area contributed by atoms with Gasteiger partial charge >= 0.3 is 29.5 Å². The molecule has 0 spiro atoms. The highest BCUT2D eigenvalue weighted by molar-refractivity contribution is 6.09. The first-order valence-corrected chi connectivity index (χ1v) is 8.64. The molecule has 152 valence electrons. The highest BCUT2D eigenvalue weighted by Crippen LogP contribution is 2.31. The number of rotatable bonds is 7. The molecule has 0 atom stereocenters. The smallest absolute Gasteiger partial charge is 0.367 e. The maximum Gasteiger partial charge on any atom is 0.367 e. The van der Waals surface area contributed by atoms with Crippen molar-refractivity contribution in [2.45, 2.75) is 12.5 Å². The van der Waals surface area contributed by atoms with Crippen LogP contribution >= 0.6 is 0 Å². The lowest BCUT2D eigenvalue weighted by atomic mass is 9.93. The molecule has 0 saturated heterocycles. The van der Waals surface area contributed by atoms with Gasteiger partial charge in [0.15, 0.2) is 0 Å². The molecule has 29 heavy (non-hydrogen) atoms. The first-order valence-electron chi connectivity index (χ1n) is 8.64. The highest BCUT2D eigenvalue weighted by Gasteiger charge is 2.54. The van der Waals surface area contributed by atoms with Crippen molar-refractivity contribution >= 4 is 23.9 Å². The number of ether oxygens (including phenoxy) is 4. The zero-order chi connectivity index (χ0) is 21.4. The molecule has 2 rings (SSSR count). The van der Waals surface area contributed by atoms with Crippen LogP contribution in [0.2, 0.25) is 0 Å². The largest absolute Gasteiger partial charge is 0.465 e. The third kappa shape index (κ3) is 4.26. The van der Waals surface area contributed by atoms with E-state index in [1.165, 1.54) is 36.4 Å². The Labute approximate surface area is 167 Å². The average Bonchev–Trinajstić information content (AvgIpc) is 2.77. The molecule has 0 heterocycles. The lowest BCUT2D eigenvalue weighted by Gasteiger charge is -2.28. The lowest BCUT2D eigenvalue weighted by Crippen LogP contribution is -2.49. The summed E-state index contributed by atoms with van der Waals surface area (Å²) in [6, 6.07) is 13.3. The van der Waals surface area contributed by atoms with E-state index in [-0.39, 0.29) is 23.3 Å². The van der Waals surface area contributed by atoms with E-state index in [1.807, 2.05) is 0 Å². The third-order valence-corrected chi connectivity index (χ3v) is 4.01. The zero-order valence-electron chi connectivity index (χ0n) is 16.2. The molecule has 0 aliphatic carbocycles. The second kappa shape index (κ2) is 9.50. The molecule has 0 fully saturated rings. The summed E-state index contributed by atoms with van der Waals surface area (Å²) in [6.07, 6.45) is 0. The Kier molecular flexibility index (Phi) is 7.08. The van der Waals surface area contributed by atoms with E-state index in [0.717, 1.165) is 14.2 Å². The fourth-order valence-corrected chi connectivity index (χ4v) is 2.66. The van der Waals surface area contributed by atoms with Gasteiger partial charge in [0.25, 0.3) is 0 Å². The van der Waals surface area contributed by atoms with Gasteiger partial charge in [-0.15, -0.1) is 0 Å². The monoisotopic (exact) mass is 400 g/mol. The quantitative estimate of drug-likeness (QED) is 0.396. The number of carbonyl (C=O) groups excluding carboxylic acids is 4. The molecule has 0 radical (unpaired) electrons. The molecule has 2 aromatic carbocycles. The molecule has 2 aromatic rings. The molecule has 0 aromatic heterocycles. The Morgan fingerprint density at radius 3 is 1.72 bits per heavy atom. The summed E-state index contributed by atoms with van der Waals surface area (Å²) in [5.74, 6) is -4.16. The second-order valence-electron chi connectivity index (χ2n) is 5.69. The molecule has 0 saturated carbocycles. The minimum absolute atomic E-state index is 0.0284. The van der Waals surface area contributed by atoms with Gasteiger partial charge in [-0.25, -0.2) is 19.2 Å². The Morgan fingerprint density at radius 1 is 0.759 bits per heavy atom. The molecule has 0 N–H and O–H groups in total. The van der Waals surface area contributed by atoms with Crippen LogP contribution < -0.4 is 0 Å². The standard InChI is InChI=1S/C21H20O8/c1-4-28-17(22)15-12-8-9-13-16(15)18(23)29-21(19(24)26-2,20(25)27-3)14-10-6-5-7-11-14/h5-13H,4H2,1-3H3. The van der Waals surface area contributed by atoms with E-state index in [1.54, 1.807) is 25.1 Å². The van der Waals surface area contributed by atoms with Crippen LogP contribution in [0.4, 0.5) is 0 Å². The van der Waals surface area contributed by atoms with Gasteiger partial charge in [0.1, 0.15) is 0 Å². The van der Waals surface area contributed by atoms with Crippen LogP contribution in [0.1, 0.15) is 33.2 Å². The van der Waals surface area contributed by atoms with Crippen molar-refractivity contribution < 1.29 is 38.1 Å². The van der Waals surface area contributed by atoms with Crippen molar-refractivity contribution in [2.75, 3.05) is 20.8 Å². The first-order chi connectivity index (χ1) is 13.9.